The lowest BCUT2D eigenvalue weighted by Gasteiger charge is -2.25. The molecule has 5 rings (SSSR count). The number of benzene rings is 3. The van der Waals surface area contributed by atoms with Crippen LogP contribution in [0.2, 0.25) is 0 Å². The summed E-state index contributed by atoms with van der Waals surface area (Å²) in [5.41, 5.74) is 2.74. The molecule has 1 amide bonds. The van der Waals surface area contributed by atoms with E-state index in [1.54, 1.807) is 54.7 Å². The molecular weight excluding hydrogens is 454 g/mol. The molecule has 0 spiro atoms. The van der Waals surface area contributed by atoms with Crippen LogP contribution in [-0.4, -0.2) is 27.9 Å². The van der Waals surface area contributed by atoms with Gasteiger partial charge in [-0.1, -0.05) is 30.3 Å². The van der Waals surface area contributed by atoms with Gasteiger partial charge in [-0.2, -0.15) is 5.26 Å². The van der Waals surface area contributed by atoms with Crippen LogP contribution in [0.15, 0.2) is 84.6 Å². The highest BCUT2D eigenvalue weighted by molar-refractivity contribution is 6.51. The van der Waals surface area contributed by atoms with Gasteiger partial charge in [0.25, 0.3) is 11.7 Å². The number of aromatic nitrogens is 1. The SMILES string of the molecule is CC(C)Oc1ccc(C2/C(=C(/O)c3c[nH]c4ccccc34)C(=O)C(=O)N2c2ccc(C#N)cc2)cc1. The maximum atomic E-state index is 13.4. The Kier molecular flexibility index (Phi) is 5.79. The van der Waals surface area contributed by atoms with Crippen LogP contribution in [0, 0.1) is 11.3 Å². The number of aliphatic hydroxyl groups excluding tert-OH is 1. The summed E-state index contributed by atoms with van der Waals surface area (Å²) in [7, 11) is 0. The van der Waals surface area contributed by atoms with Gasteiger partial charge in [0.1, 0.15) is 11.5 Å². The van der Waals surface area contributed by atoms with Crippen LogP contribution in [0.3, 0.4) is 0 Å². The van der Waals surface area contributed by atoms with Gasteiger partial charge in [0.05, 0.1) is 29.4 Å². The number of rotatable bonds is 5. The number of nitrogens with one attached hydrogen (secondary N) is 1. The molecule has 1 fully saturated rings. The summed E-state index contributed by atoms with van der Waals surface area (Å²) in [5, 5.41) is 21.3. The van der Waals surface area contributed by atoms with E-state index in [-0.39, 0.29) is 17.4 Å². The van der Waals surface area contributed by atoms with Crippen molar-refractivity contribution in [3.05, 3.63) is 101 Å². The fraction of sp³-hybridized carbons (Fsp3) is 0.138. The van der Waals surface area contributed by atoms with E-state index < -0.39 is 17.7 Å². The minimum atomic E-state index is -0.875. The van der Waals surface area contributed by atoms with Gasteiger partial charge in [-0.25, -0.2) is 0 Å². The Morgan fingerprint density at radius 3 is 2.39 bits per heavy atom. The molecule has 1 aromatic heterocycles. The largest absolute Gasteiger partial charge is 0.507 e. The quantitative estimate of drug-likeness (QED) is 0.226. The molecule has 7 nitrogen and oxygen atoms in total. The van der Waals surface area contributed by atoms with E-state index in [2.05, 4.69) is 11.1 Å². The van der Waals surface area contributed by atoms with Gasteiger partial charge in [0, 0.05) is 28.4 Å². The number of hydrogen-bond acceptors (Lipinski definition) is 5. The molecule has 1 unspecified atom stereocenters. The molecule has 2 N–H and O–H groups in total. The lowest BCUT2D eigenvalue weighted by Crippen LogP contribution is -2.29. The van der Waals surface area contributed by atoms with E-state index in [4.69, 9.17) is 4.74 Å². The van der Waals surface area contributed by atoms with Crippen LogP contribution < -0.4 is 9.64 Å². The van der Waals surface area contributed by atoms with E-state index >= 15 is 0 Å². The molecule has 2 heterocycles. The highest BCUT2D eigenvalue weighted by Crippen LogP contribution is 2.43. The second kappa shape index (κ2) is 9.08. The highest BCUT2D eigenvalue weighted by atomic mass is 16.5. The Balaban J connectivity index is 1.69. The van der Waals surface area contributed by atoms with Gasteiger partial charge in [0.2, 0.25) is 0 Å². The first-order valence-electron chi connectivity index (χ1n) is 11.5. The first kappa shape index (κ1) is 22.9. The van der Waals surface area contributed by atoms with Crippen LogP contribution in [0.1, 0.15) is 36.6 Å². The molecule has 1 saturated heterocycles. The number of ether oxygens (including phenoxy) is 1. The molecule has 1 aliphatic heterocycles. The minimum absolute atomic E-state index is 0.00774. The van der Waals surface area contributed by atoms with Gasteiger partial charge >= 0.3 is 0 Å². The van der Waals surface area contributed by atoms with Crippen LogP contribution in [0.5, 0.6) is 5.75 Å². The topological polar surface area (TPSA) is 106 Å². The number of para-hydroxylation sites is 1. The van der Waals surface area contributed by atoms with Gasteiger partial charge in [0.15, 0.2) is 0 Å². The lowest BCUT2D eigenvalue weighted by atomic mass is 9.95. The zero-order chi connectivity index (χ0) is 25.4. The first-order valence-corrected chi connectivity index (χ1v) is 11.5. The molecule has 1 atom stereocenters. The molecule has 36 heavy (non-hydrogen) atoms. The van der Waals surface area contributed by atoms with Crippen LogP contribution >= 0.6 is 0 Å². The number of aliphatic hydroxyl groups is 1. The summed E-state index contributed by atoms with van der Waals surface area (Å²) in [6.07, 6.45) is 1.62. The van der Waals surface area contributed by atoms with Crippen molar-refractivity contribution in [1.29, 1.82) is 5.26 Å². The number of carbonyl (C=O) groups excluding carboxylic acids is 2. The number of H-pyrrole nitrogens is 1. The lowest BCUT2D eigenvalue weighted by molar-refractivity contribution is -0.132. The maximum absolute atomic E-state index is 13.4. The van der Waals surface area contributed by atoms with Crippen LogP contribution in [-0.2, 0) is 9.59 Å². The highest BCUT2D eigenvalue weighted by Gasteiger charge is 2.47. The van der Waals surface area contributed by atoms with Crippen LogP contribution in [0.25, 0.3) is 16.7 Å². The number of amides is 1. The number of carbonyl (C=O) groups is 2. The minimum Gasteiger partial charge on any atom is -0.507 e. The number of fused-ring (bicyclic) bond motifs is 1. The maximum Gasteiger partial charge on any atom is 0.300 e. The summed E-state index contributed by atoms with van der Waals surface area (Å²) in [5.74, 6) is -1.14. The van der Waals surface area contributed by atoms with E-state index in [0.717, 1.165) is 10.9 Å². The summed E-state index contributed by atoms with van der Waals surface area (Å²) < 4.78 is 5.75. The Labute approximate surface area is 207 Å². The van der Waals surface area contributed by atoms with Crippen molar-refractivity contribution >= 4 is 34.0 Å². The molecule has 0 saturated carbocycles. The van der Waals surface area contributed by atoms with Crippen molar-refractivity contribution < 1.29 is 19.4 Å². The molecule has 3 aromatic carbocycles. The fourth-order valence-electron chi connectivity index (χ4n) is 4.52. The van der Waals surface area contributed by atoms with Crippen molar-refractivity contribution in [3.63, 3.8) is 0 Å². The third-order valence-electron chi connectivity index (χ3n) is 6.13. The molecule has 4 aromatic rings. The van der Waals surface area contributed by atoms with Gasteiger partial charge in [-0.15, -0.1) is 0 Å². The van der Waals surface area contributed by atoms with E-state index in [1.807, 2.05) is 38.1 Å². The number of hydrogen-bond donors (Lipinski definition) is 2. The molecule has 178 valence electrons. The van der Waals surface area contributed by atoms with Gasteiger partial charge < -0.3 is 14.8 Å². The smallest absolute Gasteiger partial charge is 0.300 e. The molecule has 0 aliphatic carbocycles. The summed E-state index contributed by atoms with van der Waals surface area (Å²) >= 11 is 0. The van der Waals surface area contributed by atoms with Gasteiger partial charge in [-0.05, 0) is 61.9 Å². The normalized spacial score (nSPS) is 17.1. The summed E-state index contributed by atoms with van der Waals surface area (Å²) in [6, 6.07) is 22.1. The second-order valence-electron chi connectivity index (χ2n) is 8.81. The number of ketones is 1. The number of aromatic amines is 1. The molecule has 7 heteroatoms. The van der Waals surface area contributed by atoms with E-state index in [0.29, 0.717) is 28.1 Å². The number of nitrogens with zero attached hydrogens (tertiary/aromatic N) is 2. The number of Topliss-reactive ketones (excluding diaryl/α,β-unsaturated/α-hetero) is 1. The predicted molar refractivity (Wildman–Crippen MR) is 136 cm³/mol. The second-order valence-corrected chi connectivity index (χ2v) is 8.81. The first-order chi connectivity index (χ1) is 17.4. The van der Waals surface area contributed by atoms with Crippen molar-refractivity contribution in [3.8, 4) is 11.8 Å². The molecule has 1 aliphatic rings. The summed E-state index contributed by atoms with van der Waals surface area (Å²) in [4.78, 5) is 31.2. The average molecular weight is 478 g/mol. The van der Waals surface area contributed by atoms with Crippen molar-refractivity contribution in [2.75, 3.05) is 4.90 Å². The Bertz CT molecular complexity index is 1540. The fourth-order valence-corrected chi connectivity index (χ4v) is 4.52. The Morgan fingerprint density at radius 1 is 1.03 bits per heavy atom. The predicted octanol–water partition coefficient (Wildman–Crippen LogP) is 5.45. The van der Waals surface area contributed by atoms with Crippen molar-refractivity contribution in [2.24, 2.45) is 0 Å². The summed E-state index contributed by atoms with van der Waals surface area (Å²) in [6.45, 7) is 3.85. The average Bonchev–Trinajstić information content (AvgIpc) is 3.43. The molecular formula is C29H23N3O4. The monoisotopic (exact) mass is 477 g/mol. The zero-order valence-corrected chi connectivity index (χ0v) is 19.7. The van der Waals surface area contributed by atoms with Crippen molar-refractivity contribution in [2.45, 2.75) is 26.0 Å². The molecule has 0 radical (unpaired) electrons. The van der Waals surface area contributed by atoms with Crippen LogP contribution in [0.4, 0.5) is 5.69 Å². The number of nitriles is 1. The molecule has 0 bridgehead atoms. The van der Waals surface area contributed by atoms with E-state index in [9.17, 15) is 20.0 Å². The number of anilines is 1. The Hall–Kier alpha value is -4.83. The Morgan fingerprint density at radius 2 is 1.72 bits per heavy atom. The zero-order valence-electron chi connectivity index (χ0n) is 19.7. The van der Waals surface area contributed by atoms with Crippen molar-refractivity contribution in [1.82, 2.24) is 4.98 Å². The van der Waals surface area contributed by atoms with Gasteiger partial charge in [-0.3, -0.25) is 14.5 Å². The third kappa shape index (κ3) is 3.89. The third-order valence-corrected chi connectivity index (χ3v) is 6.13. The standard InChI is InChI=1S/C29H23N3O4/c1-17(2)36-21-13-9-19(10-14-21)26-25(27(33)23-16-31-24-6-4-3-5-22(23)24)28(34)29(35)32(26)20-11-7-18(15-30)8-12-20/h3-14,16-17,26,31,33H,1-2H3/b27-25-. The van der Waals surface area contributed by atoms with E-state index in [1.165, 1.54) is 4.90 Å².